The van der Waals surface area contributed by atoms with Crippen molar-refractivity contribution < 1.29 is 0 Å². The van der Waals surface area contributed by atoms with Crippen LogP contribution >= 0.6 is 23.8 Å². The van der Waals surface area contributed by atoms with Gasteiger partial charge in [0.15, 0.2) is 5.11 Å². The second kappa shape index (κ2) is 8.84. The zero-order valence-corrected chi connectivity index (χ0v) is 16.8. The predicted molar refractivity (Wildman–Crippen MR) is 118 cm³/mol. The number of thiocarbonyl (C=S) groups is 1. The highest BCUT2D eigenvalue weighted by molar-refractivity contribution is 7.80. The number of nitrogens with one attached hydrogen (secondary N) is 2. The van der Waals surface area contributed by atoms with Crippen LogP contribution in [0.2, 0.25) is 5.02 Å². The van der Waals surface area contributed by atoms with Gasteiger partial charge in [0, 0.05) is 23.5 Å². The predicted octanol–water partition coefficient (Wildman–Crippen LogP) is 5.13. The minimum Gasteiger partial charge on any atom is -0.342 e. The third-order valence-electron chi connectivity index (χ3n) is 4.18. The Morgan fingerprint density at radius 2 is 1.96 bits per heavy atom. The number of aromatic nitrogens is 1. The minimum atomic E-state index is 0.411. The molecule has 3 rings (SSSR count). The second-order valence-corrected chi connectivity index (χ2v) is 7.10. The Kier molecular flexibility index (Phi) is 6.27. The molecule has 0 aliphatic carbocycles. The molecule has 0 aliphatic heterocycles. The first-order chi connectivity index (χ1) is 13.0. The molecule has 4 nitrogen and oxygen atoms in total. The van der Waals surface area contributed by atoms with Gasteiger partial charge in [-0.2, -0.15) is 5.10 Å². The Balaban J connectivity index is 1.61. The molecular weight excluding hydrogens is 376 g/mol. The van der Waals surface area contributed by atoms with Crippen LogP contribution in [0.25, 0.3) is 0 Å². The van der Waals surface area contributed by atoms with Gasteiger partial charge < -0.3 is 9.88 Å². The number of rotatable bonds is 5. The topological polar surface area (TPSA) is 41.4 Å². The van der Waals surface area contributed by atoms with E-state index in [1.807, 2.05) is 43.5 Å². The van der Waals surface area contributed by atoms with E-state index < -0.39 is 0 Å². The van der Waals surface area contributed by atoms with Gasteiger partial charge in [0.1, 0.15) is 0 Å². The van der Waals surface area contributed by atoms with Gasteiger partial charge in [0.2, 0.25) is 0 Å². The van der Waals surface area contributed by atoms with Crippen molar-refractivity contribution in [1.82, 2.24) is 9.99 Å². The van der Waals surface area contributed by atoms with Crippen molar-refractivity contribution >= 4 is 40.8 Å². The molecule has 1 aromatic heterocycles. The van der Waals surface area contributed by atoms with Crippen molar-refractivity contribution in [3.05, 3.63) is 88.2 Å². The number of hydrogen-bond donors (Lipinski definition) is 2. The molecular formula is C21H21ClN4S. The molecule has 0 fully saturated rings. The van der Waals surface area contributed by atoms with E-state index in [0.717, 1.165) is 23.5 Å². The first-order valence-electron chi connectivity index (χ1n) is 8.59. The van der Waals surface area contributed by atoms with Crippen LogP contribution in [0.1, 0.15) is 22.4 Å². The fourth-order valence-corrected chi connectivity index (χ4v) is 3.08. The van der Waals surface area contributed by atoms with Gasteiger partial charge in [-0.25, -0.2) is 0 Å². The first-order valence-corrected chi connectivity index (χ1v) is 9.37. The summed E-state index contributed by atoms with van der Waals surface area (Å²) in [5.41, 5.74) is 8.15. The van der Waals surface area contributed by atoms with Crippen LogP contribution in [0.5, 0.6) is 0 Å². The van der Waals surface area contributed by atoms with E-state index >= 15 is 0 Å². The molecule has 0 bridgehead atoms. The van der Waals surface area contributed by atoms with E-state index in [9.17, 15) is 0 Å². The molecule has 2 aromatic carbocycles. The molecule has 27 heavy (non-hydrogen) atoms. The average molecular weight is 397 g/mol. The summed E-state index contributed by atoms with van der Waals surface area (Å²) >= 11 is 11.4. The molecule has 2 N–H and O–H groups in total. The van der Waals surface area contributed by atoms with E-state index in [4.69, 9.17) is 23.8 Å². The van der Waals surface area contributed by atoms with Gasteiger partial charge in [-0.3, -0.25) is 5.43 Å². The lowest BCUT2D eigenvalue weighted by atomic mass is 10.1. The van der Waals surface area contributed by atoms with Gasteiger partial charge in [-0.1, -0.05) is 47.5 Å². The molecule has 0 unspecified atom stereocenters. The van der Waals surface area contributed by atoms with Crippen LogP contribution in [0.3, 0.4) is 0 Å². The van der Waals surface area contributed by atoms with E-state index in [2.05, 4.69) is 51.6 Å². The first kappa shape index (κ1) is 19.1. The van der Waals surface area contributed by atoms with Crippen LogP contribution in [-0.4, -0.2) is 15.9 Å². The number of nitrogens with zero attached hydrogens (tertiary/aromatic N) is 2. The Morgan fingerprint density at radius 3 is 2.78 bits per heavy atom. The Labute approximate surface area is 169 Å². The maximum Gasteiger partial charge on any atom is 0.191 e. The van der Waals surface area contributed by atoms with E-state index in [1.54, 1.807) is 6.21 Å². The van der Waals surface area contributed by atoms with Gasteiger partial charge in [-0.15, -0.1) is 0 Å². The molecule has 0 radical (unpaired) electrons. The van der Waals surface area contributed by atoms with Crippen LogP contribution < -0.4 is 10.7 Å². The maximum absolute atomic E-state index is 6.13. The molecule has 0 saturated heterocycles. The maximum atomic E-state index is 6.13. The molecule has 0 saturated carbocycles. The van der Waals surface area contributed by atoms with Gasteiger partial charge >= 0.3 is 0 Å². The largest absolute Gasteiger partial charge is 0.342 e. The summed E-state index contributed by atoms with van der Waals surface area (Å²) in [6, 6.07) is 18.1. The Hall–Kier alpha value is -2.63. The second-order valence-electron chi connectivity index (χ2n) is 6.29. The lowest BCUT2D eigenvalue weighted by Gasteiger charge is -2.11. The summed E-state index contributed by atoms with van der Waals surface area (Å²) in [5, 5.41) is 8.46. The third-order valence-corrected chi connectivity index (χ3v) is 4.78. The lowest BCUT2D eigenvalue weighted by Crippen LogP contribution is -2.24. The highest BCUT2D eigenvalue weighted by Gasteiger charge is 2.04. The quantitative estimate of drug-likeness (QED) is 0.357. The number of hydrogen-bond acceptors (Lipinski definition) is 2. The van der Waals surface area contributed by atoms with Crippen LogP contribution in [0.15, 0.2) is 65.9 Å². The van der Waals surface area contributed by atoms with Crippen molar-refractivity contribution in [2.24, 2.45) is 5.10 Å². The summed E-state index contributed by atoms with van der Waals surface area (Å²) in [4.78, 5) is 0. The van der Waals surface area contributed by atoms with Crippen LogP contribution in [0, 0.1) is 13.8 Å². The van der Waals surface area contributed by atoms with E-state index in [-0.39, 0.29) is 0 Å². The monoisotopic (exact) mass is 396 g/mol. The minimum absolute atomic E-state index is 0.411. The molecule has 1 heterocycles. The zero-order chi connectivity index (χ0) is 19.2. The molecule has 0 amide bonds. The molecule has 0 aliphatic rings. The number of benzene rings is 2. The highest BCUT2D eigenvalue weighted by atomic mass is 35.5. The molecule has 6 heteroatoms. The van der Waals surface area contributed by atoms with Crippen molar-refractivity contribution in [1.29, 1.82) is 0 Å². The molecule has 0 spiro atoms. The summed E-state index contributed by atoms with van der Waals surface area (Å²) in [6.45, 7) is 4.83. The van der Waals surface area contributed by atoms with Crippen molar-refractivity contribution in [2.45, 2.75) is 20.4 Å². The van der Waals surface area contributed by atoms with E-state index in [0.29, 0.717) is 10.1 Å². The lowest BCUT2D eigenvalue weighted by molar-refractivity contribution is 0.798. The van der Waals surface area contributed by atoms with Crippen LogP contribution in [0.4, 0.5) is 5.69 Å². The fourth-order valence-electron chi connectivity index (χ4n) is 2.75. The van der Waals surface area contributed by atoms with Crippen molar-refractivity contribution in [3.8, 4) is 0 Å². The number of aryl methyl sites for hydroxylation is 1. The Bertz CT molecular complexity index is 978. The van der Waals surface area contributed by atoms with Gasteiger partial charge in [-0.05, 0) is 61.5 Å². The number of hydrazone groups is 1. The Morgan fingerprint density at radius 1 is 1.15 bits per heavy atom. The third kappa shape index (κ3) is 5.18. The zero-order valence-electron chi connectivity index (χ0n) is 15.2. The highest BCUT2D eigenvalue weighted by Crippen LogP contribution is 2.22. The molecule has 138 valence electrons. The van der Waals surface area contributed by atoms with E-state index in [1.165, 1.54) is 11.1 Å². The smallest absolute Gasteiger partial charge is 0.191 e. The van der Waals surface area contributed by atoms with Crippen molar-refractivity contribution in [3.63, 3.8) is 0 Å². The van der Waals surface area contributed by atoms with Crippen molar-refractivity contribution in [2.75, 3.05) is 5.32 Å². The van der Waals surface area contributed by atoms with Crippen LogP contribution in [-0.2, 0) is 6.54 Å². The summed E-state index contributed by atoms with van der Waals surface area (Å²) in [7, 11) is 0. The average Bonchev–Trinajstić information content (AvgIpc) is 3.06. The normalized spacial score (nSPS) is 10.9. The number of halogens is 1. The molecule has 3 aromatic rings. The van der Waals surface area contributed by atoms with Gasteiger partial charge in [0.05, 0.1) is 11.9 Å². The standard InChI is InChI=1S/C21H21ClN4S/c1-15-6-3-7-17(12-15)14-26-11-5-8-18(26)13-23-25-21(27)24-20-10-4-9-19(22)16(20)2/h3-13H,14H2,1-2H3,(H2,24,25,27). The fraction of sp³-hybridized carbons (Fsp3) is 0.143. The summed E-state index contributed by atoms with van der Waals surface area (Å²) in [6.07, 6.45) is 3.80. The number of anilines is 1. The molecule has 0 atom stereocenters. The SMILES string of the molecule is Cc1cccc(Cn2cccc2C=NNC(=S)Nc2cccc(Cl)c2C)c1. The van der Waals surface area contributed by atoms with Gasteiger partial charge in [0.25, 0.3) is 0 Å². The summed E-state index contributed by atoms with van der Waals surface area (Å²) < 4.78 is 2.14. The summed E-state index contributed by atoms with van der Waals surface area (Å²) in [5.74, 6) is 0.